The molecule has 3 aromatic heterocycles. The Morgan fingerprint density at radius 1 is 1.12 bits per heavy atom. The number of likely N-dealkylation sites (tertiary alicyclic amines) is 1. The van der Waals surface area contributed by atoms with Crippen LogP contribution in [-0.4, -0.2) is 60.1 Å². The molecule has 0 spiro atoms. The first-order valence-corrected chi connectivity index (χ1v) is 11.4. The zero-order chi connectivity index (χ0) is 21.7. The molecule has 2 aliphatic heterocycles. The fraction of sp³-hybridized carbons (Fsp3) is 0.478. The van der Waals surface area contributed by atoms with Crippen molar-refractivity contribution in [1.29, 1.82) is 0 Å². The summed E-state index contributed by atoms with van der Waals surface area (Å²) in [6, 6.07) is 8.20. The Bertz CT molecular complexity index is 1330. The Kier molecular flexibility index (Phi) is 4.80. The lowest BCUT2D eigenvalue weighted by Crippen LogP contribution is -2.32. The van der Waals surface area contributed by atoms with Crippen LogP contribution in [0.4, 0.5) is 0 Å². The second-order valence-corrected chi connectivity index (χ2v) is 8.89. The summed E-state index contributed by atoms with van der Waals surface area (Å²) in [4.78, 5) is 20.8. The van der Waals surface area contributed by atoms with Crippen LogP contribution in [0.15, 0.2) is 41.6 Å². The van der Waals surface area contributed by atoms with Gasteiger partial charge in [-0.25, -0.2) is 4.98 Å². The van der Waals surface area contributed by atoms with Crippen LogP contribution < -0.4 is 5.56 Å². The lowest BCUT2D eigenvalue weighted by Gasteiger charge is -2.24. The molecule has 9 heteroatoms. The molecule has 166 valence electrons. The minimum absolute atomic E-state index is 0.0488. The van der Waals surface area contributed by atoms with Gasteiger partial charge >= 0.3 is 0 Å². The number of para-hydroxylation sites is 2. The quantitative estimate of drug-likeness (QED) is 0.492. The third kappa shape index (κ3) is 3.07. The minimum atomic E-state index is -0.0772. The second kappa shape index (κ2) is 7.83. The monoisotopic (exact) mass is 433 g/mol. The number of hydrogen-bond acceptors (Lipinski definition) is 6. The lowest BCUT2D eigenvalue weighted by atomic mass is 10.1. The standard InChI is InChI=1S/C23H27N7O2/c1-27-11-6-10-17(27)20-13-25-26-30(20)22-21-23(31)28(14-16-7-4-5-12-32-16)18-8-2-3-9-19(18)29(21)15-24-22/h2-3,8-9,13,15-17H,4-7,10-12,14H2,1H3. The Morgan fingerprint density at radius 2 is 2.00 bits per heavy atom. The highest BCUT2D eigenvalue weighted by Gasteiger charge is 2.29. The van der Waals surface area contributed by atoms with Gasteiger partial charge in [-0.3, -0.25) is 14.1 Å². The van der Waals surface area contributed by atoms with Crippen molar-refractivity contribution in [1.82, 2.24) is 33.8 Å². The van der Waals surface area contributed by atoms with Gasteiger partial charge in [-0.2, -0.15) is 4.68 Å². The molecule has 32 heavy (non-hydrogen) atoms. The van der Waals surface area contributed by atoms with E-state index >= 15 is 0 Å². The normalized spacial score (nSPS) is 22.3. The topological polar surface area (TPSA) is 82.5 Å². The summed E-state index contributed by atoms with van der Waals surface area (Å²) in [6.45, 7) is 2.34. The molecule has 0 saturated carbocycles. The summed E-state index contributed by atoms with van der Waals surface area (Å²) >= 11 is 0. The van der Waals surface area contributed by atoms with Crippen LogP contribution >= 0.6 is 0 Å². The van der Waals surface area contributed by atoms with E-state index in [0.717, 1.165) is 62.0 Å². The van der Waals surface area contributed by atoms with E-state index in [0.29, 0.717) is 17.9 Å². The van der Waals surface area contributed by atoms with E-state index in [2.05, 4.69) is 27.2 Å². The maximum atomic E-state index is 13.9. The van der Waals surface area contributed by atoms with Gasteiger partial charge in [0.2, 0.25) is 0 Å². The Morgan fingerprint density at radius 3 is 2.78 bits per heavy atom. The highest BCUT2D eigenvalue weighted by Crippen LogP contribution is 2.31. The number of fused-ring (bicyclic) bond motifs is 3. The number of hydrogen-bond donors (Lipinski definition) is 0. The zero-order valence-corrected chi connectivity index (χ0v) is 18.2. The lowest BCUT2D eigenvalue weighted by molar-refractivity contribution is 0.00619. The molecular weight excluding hydrogens is 406 g/mol. The first-order chi connectivity index (χ1) is 15.7. The van der Waals surface area contributed by atoms with Gasteiger partial charge in [0.15, 0.2) is 11.3 Å². The SMILES string of the molecule is CN1CCCC1c1cnnn1-c1ncn2c1c(=O)n(CC1CCCCO1)c1ccccc12. The molecule has 0 amide bonds. The van der Waals surface area contributed by atoms with Crippen LogP contribution in [0.2, 0.25) is 0 Å². The molecular formula is C23H27N7O2. The average molecular weight is 434 g/mol. The van der Waals surface area contributed by atoms with Gasteiger partial charge in [0.25, 0.3) is 5.56 Å². The molecule has 2 saturated heterocycles. The van der Waals surface area contributed by atoms with Crippen LogP contribution in [0.25, 0.3) is 22.4 Å². The molecule has 2 atom stereocenters. The fourth-order valence-corrected chi connectivity index (χ4v) is 5.26. The second-order valence-electron chi connectivity index (χ2n) is 8.89. The van der Waals surface area contributed by atoms with Crippen LogP contribution in [0.1, 0.15) is 43.8 Å². The molecule has 1 aromatic carbocycles. The van der Waals surface area contributed by atoms with E-state index in [9.17, 15) is 4.79 Å². The summed E-state index contributed by atoms with van der Waals surface area (Å²) in [5.41, 5.74) is 3.24. The van der Waals surface area contributed by atoms with E-state index in [-0.39, 0.29) is 17.7 Å². The number of benzene rings is 1. The molecule has 6 rings (SSSR count). The number of ether oxygens (including phenoxy) is 1. The predicted octanol–water partition coefficient (Wildman–Crippen LogP) is 2.57. The van der Waals surface area contributed by atoms with Gasteiger partial charge in [-0.05, 0) is 57.8 Å². The molecule has 0 bridgehead atoms. The highest BCUT2D eigenvalue weighted by atomic mass is 16.5. The Labute approximate surface area is 185 Å². The van der Waals surface area contributed by atoms with Gasteiger partial charge in [0.1, 0.15) is 6.33 Å². The molecule has 2 fully saturated rings. The van der Waals surface area contributed by atoms with E-state index in [1.165, 1.54) is 0 Å². The van der Waals surface area contributed by atoms with E-state index in [4.69, 9.17) is 4.74 Å². The fourth-order valence-electron chi connectivity index (χ4n) is 5.26. The van der Waals surface area contributed by atoms with Crippen LogP contribution in [0.5, 0.6) is 0 Å². The number of imidazole rings is 1. The third-order valence-corrected chi connectivity index (χ3v) is 6.93. The summed E-state index contributed by atoms with van der Waals surface area (Å²) in [6.07, 6.45) is 8.94. The van der Waals surface area contributed by atoms with Crippen LogP contribution in [-0.2, 0) is 11.3 Å². The molecule has 0 N–H and O–H groups in total. The van der Waals surface area contributed by atoms with E-state index in [1.807, 2.05) is 33.2 Å². The number of nitrogens with zero attached hydrogens (tertiary/aromatic N) is 7. The number of rotatable bonds is 4. The van der Waals surface area contributed by atoms with Gasteiger partial charge < -0.3 is 9.30 Å². The molecule has 9 nitrogen and oxygen atoms in total. The first kappa shape index (κ1) is 19.6. The maximum Gasteiger partial charge on any atom is 0.279 e. The minimum Gasteiger partial charge on any atom is -0.376 e. The smallest absolute Gasteiger partial charge is 0.279 e. The van der Waals surface area contributed by atoms with E-state index < -0.39 is 0 Å². The van der Waals surface area contributed by atoms with Crippen LogP contribution in [0, 0.1) is 0 Å². The molecule has 0 aliphatic carbocycles. The molecule has 0 radical (unpaired) electrons. The first-order valence-electron chi connectivity index (χ1n) is 11.4. The summed E-state index contributed by atoms with van der Waals surface area (Å²) in [5.74, 6) is 0.534. The van der Waals surface area contributed by atoms with Crippen molar-refractivity contribution < 1.29 is 4.74 Å². The van der Waals surface area contributed by atoms with Crippen LogP contribution in [0.3, 0.4) is 0 Å². The van der Waals surface area contributed by atoms with Gasteiger partial charge in [0.05, 0.1) is 41.6 Å². The average Bonchev–Trinajstić information content (AvgIpc) is 3.56. The van der Waals surface area contributed by atoms with Crippen molar-refractivity contribution in [3.8, 4) is 5.82 Å². The predicted molar refractivity (Wildman–Crippen MR) is 120 cm³/mol. The summed E-state index contributed by atoms with van der Waals surface area (Å²) in [7, 11) is 2.12. The van der Waals surface area contributed by atoms with Gasteiger partial charge in [-0.1, -0.05) is 17.3 Å². The molecule has 4 aromatic rings. The van der Waals surface area contributed by atoms with Crippen molar-refractivity contribution in [2.24, 2.45) is 0 Å². The Hall–Kier alpha value is -3.04. The van der Waals surface area contributed by atoms with Crippen molar-refractivity contribution in [2.45, 2.75) is 50.8 Å². The third-order valence-electron chi connectivity index (χ3n) is 6.93. The van der Waals surface area contributed by atoms with Gasteiger partial charge in [0, 0.05) is 6.61 Å². The van der Waals surface area contributed by atoms with E-state index in [1.54, 1.807) is 17.2 Å². The zero-order valence-electron chi connectivity index (χ0n) is 18.2. The van der Waals surface area contributed by atoms with Crippen molar-refractivity contribution >= 4 is 16.6 Å². The van der Waals surface area contributed by atoms with Crippen molar-refractivity contribution in [3.05, 3.63) is 52.8 Å². The van der Waals surface area contributed by atoms with Gasteiger partial charge in [-0.15, -0.1) is 5.10 Å². The summed E-state index contributed by atoms with van der Waals surface area (Å²) in [5, 5.41) is 8.53. The van der Waals surface area contributed by atoms with Crippen molar-refractivity contribution in [2.75, 3.05) is 20.2 Å². The maximum absolute atomic E-state index is 13.9. The summed E-state index contributed by atoms with van der Waals surface area (Å²) < 4.78 is 11.4. The molecule has 5 heterocycles. The highest BCUT2D eigenvalue weighted by molar-refractivity contribution is 5.80. The molecule has 2 unspecified atom stereocenters. The Balaban J connectivity index is 1.55. The molecule has 2 aliphatic rings. The van der Waals surface area contributed by atoms with Crippen molar-refractivity contribution in [3.63, 3.8) is 0 Å². The number of aromatic nitrogens is 6. The largest absolute Gasteiger partial charge is 0.376 e.